The number of H-pyrrole nitrogens is 1. The Kier molecular flexibility index (Phi) is 5.45. The Morgan fingerprint density at radius 1 is 1.29 bits per heavy atom. The topological polar surface area (TPSA) is 87.9 Å². The quantitative estimate of drug-likeness (QED) is 0.753. The van der Waals surface area contributed by atoms with Gasteiger partial charge in [0.25, 0.3) is 5.91 Å². The normalized spacial score (nSPS) is 10.5. The van der Waals surface area contributed by atoms with Crippen molar-refractivity contribution in [2.45, 2.75) is 39.5 Å². The summed E-state index contributed by atoms with van der Waals surface area (Å²) >= 11 is 0. The van der Waals surface area contributed by atoms with Gasteiger partial charge in [-0.3, -0.25) is 9.89 Å². The van der Waals surface area contributed by atoms with Crippen LogP contribution in [0.15, 0.2) is 0 Å². The first-order valence-electron chi connectivity index (χ1n) is 6.16. The highest BCUT2D eigenvalue weighted by Crippen LogP contribution is 2.05. The van der Waals surface area contributed by atoms with Gasteiger partial charge >= 0.3 is 0 Å². The molecule has 0 atom stereocenters. The van der Waals surface area contributed by atoms with Crippen molar-refractivity contribution >= 4 is 11.9 Å². The Balaban J connectivity index is 2.64. The number of carbonyl (C=O) groups excluding carboxylic acids is 1. The number of unbranched alkanes of at least 4 members (excludes halogenated alkanes) is 2. The molecule has 6 heteroatoms. The number of carbonyl (C=O) groups is 1. The van der Waals surface area contributed by atoms with E-state index >= 15 is 0 Å². The molecule has 0 spiro atoms. The van der Waals surface area contributed by atoms with Gasteiger partial charge < -0.3 is 10.6 Å². The Morgan fingerprint density at radius 3 is 2.29 bits per heavy atom. The molecule has 6 nitrogen and oxygen atoms in total. The van der Waals surface area contributed by atoms with Crippen molar-refractivity contribution < 1.29 is 4.79 Å². The van der Waals surface area contributed by atoms with E-state index in [4.69, 9.17) is 5.73 Å². The molecule has 0 aromatic carbocycles. The fraction of sp³-hybridized carbons (Fsp3) is 0.727. The maximum atomic E-state index is 12.1. The maximum Gasteiger partial charge on any atom is 0.291 e. The van der Waals surface area contributed by atoms with E-state index in [-0.39, 0.29) is 17.7 Å². The summed E-state index contributed by atoms with van der Waals surface area (Å²) < 4.78 is 0. The third-order valence-electron chi connectivity index (χ3n) is 2.56. The number of rotatable bonds is 7. The molecule has 1 aromatic rings. The van der Waals surface area contributed by atoms with Crippen LogP contribution in [-0.2, 0) is 0 Å². The van der Waals surface area contributed by atoms with Gasteiger partial charge in [0.1, 0.15) is 0 Å². The molecule has 1 aromatic heterocycles. The molecule has 0 aliphatic heterocycles. The summed E-state index contributed by atoms with van der Waals surface area (Å²) in [6.45, 7) is 5.73. The fourth-order valence-electron chi connectivity index (χ4n) is 1.53. The molecule has 0 bridgehead atoms. The molecule has 17 heavy (non-hydrogen) atoms. The summed E-state index contributed by atoms with van der Waals surface area (Å²) in [5, 5.41) is 6.24. The Morgan fingerprint density at radius 2 is 1.88 bits per heavy atom. The number of nitrogen functional groups attached to an aromatic ring is 1. The smallest absolute Gasteiger partial charge is 0.291 e. The summed E-state index contributed by atoms with van der Waals surface area (Å²) in [5.74, 6) is 0.227. The molecule has 96 valence electrons. The molecule has 1 heterocycles. The molecule has 0 saturated heterocycles. The maximum absolute atomic E-state index is 12.1. The van der Waals surface area contributed by atoms with Crippen molar-refractivity contribution in [1.29, 1.82) is 0 Å². The highest BCUT2D eigenvalue weighted by Gasteiger charge is 2.18. The number of amides is 1. The van der Waals surface area contributed by atoms with Crippen LogP contribution in [0.5, 0.6) is 0 Å². The number of anilines is 1. The zero-order chi connectivity index (χ0) is 12.7. The molecule has 3 N–H and O–H groups in total. The fourth-order valence-corrected chi connectivity index (χ4v) is 1.53. The standard InChI is InChI=1S/C11H21N5O/c1-3-5-7-16(8-6-4-2)10(17)9-13-11(12)15-14-9/h3-8H2,1-2H3,(H3,12,13,14,15). The van der Waals surface area contributed by atoms with Gasteiger partial charge in [-0.15, -0.1) is 5.10 Å². The Bertz CT molecular complexity index is 341. The lowest BCUT2D eigenvalue weighted by atomic mass is 10.2. The lowest BCUT2D eigenvalue weighted by molar-refractivity contribution is 0.0739. The largest absolute Gasteiger partial charge is 0.366 e. The number of nitrogens with zero attached hydrogens (tertiary/aromatic N) is 3. The second kappa shape index (κ2) is 6.88. The molecule has 0 saturated carbocycles. The second-order valence-corrected chi connectivity index (χ2v) is 4.04. The second-order valence-electron chi connectivity index (χ2n) is 4.04. The van der Waals surface area contributed by atoms with E-state index in [0.29, 0.717) is 0 Å². The van der Waals surface area contributed by atoms with Crippen LogP contribution in [0.25, 0.3) is 0 Å². The van der Waals surface area contributed by atoms with Crippen molar-refractivity contribution in [2.24, 2.45) is 0 Å². The van der Waals surface area contributed by atoms with Crippen molar-refractivity contribution in [2.75, 3.05) is 18.8 Å². The van der Waals surface area contributed by atoms with Crippen LogP contribution in [0.1, 0.15) is 50.1 Å². The minimum Gasteiger partial charge on any atom is -0.366 e. The van der Waals surface area contributed by atoms with Gasteiger partial charge in [0.15, 0.2) is 0 Å². The Labute approximate surface area is 102 Å². The lowest BCUT2D eigenvalue weighted by Gasteiger charge is -2.20. The van der Waals surface area contributed by atoms with Crippen LogP contribution < -0.4 is 5.73 Å². The van der Waals surface area contributed by atoms with E-state index < -0.39 is 0 Å². The molecular formula is C11H21N5O. The predicted molar refractivity (Wildman–Crippen MR) is 66.5 cm³/mol. The van der Waals surface area contributed by atoms with E-state index in [1.54, 1.807) is 0 Å². The molecule has 0 aliphatic rings. The monoisotopic (exact) mass is 239 g/mol. The minimum absolute atomic E-state index is 0.110. The highest BCUT2D eigenvalue weighted by molar-refractivity contribution is 5.90. The van der Waals surface area contributed by atoms with E-state index in [1.165, 1.54) is 0 Å². The average molecular weight is 239 g/mol. The summed E-state index contributed by atoms with van der Waals surface area (Å²) in [6, 6.07) is 0. The molecule has 0 fully saturated rings. The van der Waals surface area contributed by atoms with Crippen LogP contribution in [-0.4, -0.2) is 39.1 Å². The van der Waals surface area contributed by atoms with E-state index in [9.17, 15) is 4.79 Å². The SMILES string of the molecule is CCCCN(CCCC)C(=O)c1nc(N)n[nH]1. The van der Waals surface area contributed by atoms with Gasteiger partial charge in [0.05, 0.1) is 0 Å². The van der Waals surface area contributed by atoms with Crippen LogP contribution in [0.3, 0.4) is 0 Å². The molecule has 0 radical (unpaired) electrons. The number of hydrogen-bond acceptors (Lipinski definition) is 4. The van der Waals surface area contributed by atoms with Crippen LogP contribution in [0.2, 0.25) is 0 Å². The molecule has 1 rings (SSSR count). The van der Waals surface area contributed by atoms with Crippen molar-refractivity contribution in [3.8, 4) is 0 Å². The van der Waals surface area contributed by atoms with Crippen LogP contribution in [0, 0.1) is 0 Å². The van der Waals surface area contributed by atoms with Crippen molar-refractivity contribution in [1.82, 2.24) is 20.1 Å². The number of nitrogens with one attached hydrogen (secondary N) is 1. The third-order valence-corrected chi connectivity index (χ3v) is 2.56. The third kappa shape index (κ3) is 4.05. The number of hydrogen-bond donors (Lipinski definition) is 2. The molecule has 0 unspecified atom stereocenters. The number of aromatic nitrogens is 3. The van der Waals surface area contributed by atoms with Crippen molar-refractivity contribution in [3.63, 3.8) is 0 Å². The van der Waals surface area contributed by atoms with Gasteiger partial charge in [-0.05, 0) is 12.8 Å². The van der Waals surface area contributed by atoms with E-state index in [1.807, 2.05) is 4.90 Å². The summed E-state index contributed by atoms with van der Waals surface area (Å²) in [6.07, 6.45) is 4.13. The van der Waals surface area contributed by atoms with E-state index in [2.05, 4.69) is 29.0 Å². The number of nitrogens with two attached hydrogens (primary N) is 1. The first-order chi connectivity index (χ1) is 8.19. The zero-order valence-corrected chi connectivity index (χ0v) is 10.6. The van der Waals surface area contributed by atoms with Gasteiger partial charge in [-0.1, -0.05) is 26.7 Å². The molecule has 0 aliphatic carbocycles. The summed E-state index contributed by atoms with van der Waals surface area (Å²) in [4.78, 5) is 17.8. The molecular weight excluding hydrogens is 218 g/mol. The molecule has 1 amide bonds. The predicted octanol–water partition coefficient (Wildman–Crippen LogP) is 1.43. The average Bonchev–Trinajstić information content (AvgIpc) is 2.75. The summed E-state index contributed by atoms with van der Waals surface area (Å²) in [7, 11) is 0. The minimum atomic E-state index is -0.115. The number of aromatic amines is 1. The van der Waals surface area contributed by atoms with E-state index in [0.717, 1.165) is 38.8 Å². The van der Waals surface area contributed by atoms with Crippen LogP contribution in [0.4, 0.5) is 5.95 Å². The van der Waals surface area contributed by atoms with Gasteiger partial charge in [0.2, 0.25) is 11.8 Å². The van der Waals surface area contributed by atoms with Gasteiger partial charge in [-0.2, -0.15) is 4.98 Å². The Hall–Kier alpha value is -1.59. The van der Waals surface area contributed by atoms with Crippen molar-refractivity contribution in [3.05, 3.63) is 5.82 Å². The van der Waals surface area contributed by atoms with Gasteiger partial charge in [0, 0.05) is 13.1 Å². The van der Waals surface area contributed by atoms with Crippen LogP contribution >= 0.6 is 0 Å². The lowest BCUT2D eigenvalue weighted by Crippen LogP contribution is -2.33. The van der Waals surface area contributed by atoms with Gasteiger partial charge in [-0.25, -0.2) is 0 Å². The first-order valence-corrected chi connectivity index (χ1v) is 6.16. The summed E-state index contributed by atoms with van der Waals surface area (Å²) in [5.41, 5.74) is 5.39. The zero-order valence-electron chi connectivity index (χ0n) is 10.6. The highest BCUT2D eigenvalue weighted by atomic mass is 16.2. The first kappa shape index (κ1) is 13.5.